The van der Waals surface area contributed by atoms with Crippen LogP contribution in [0.3, 0.4) is 0 Å². The molecule has 2 aromatic heterocycles. The van der Waals surface area contributed by atoms with Crippen molar-refractivity contribution in [3.63, 3.8) is 0 Å². The monoisotopic (exact) mass is 851 g/mol. The number of imidazole rings is 2. The van der Waals surface area contributed by atoms with Gasteiger partial charge in [-0.3, -0.25) is 9.59 Å². The van der Waals surface area contributed by atoms with Crippen LogP contribution in [0.4, 0.5) is 9.59 Å². The SMILES string of the molecule is COC(=O)N[C@@H](Cc1ccccc1)C(=O)N1CCC[C@H]1c1ncc(-c2ccc(-c3ccc4cc(-c5cnc([C@@H]6CCCN6C(=O)[C@@H](NC(=O)OC)C(C)C)[nH]5)ccc4c3)cc2)n1N. The number of hydrogen-bond donors (Lipinski definition) is 4. The number of carbonyl (C=O) groups excluding carboxylic acids is 4. The number of fused-ring (bicyclic) bond motifs is 1. The van der Waals surface area contributed by atoms with E-state index in [1.165, 1.54) is 14.2 Å². The van der Waals surface area contributed by atoms with Crippen LogP contribution in [0, 0.1) is 5.92 Å². The smallest absolute Gasteiger partial charge is 0.407 e. The number of nitrogens with two attached hydrogens (primary N) is 1. The van der Waals surface area contributed by atoms with Gasteiger partial charge in [0.25, 0.3) is 0 Å². The largest absolute Gasteiger partial charge is 0.453 e. The van der Waals surface area contributed by atoms with Crippen molar-refractivity contribution in [2.45, 2.75) is 70.1 Å². The molecule has 6 aromatic rings. The number of nitrogens with one attached hydrogen (secondary N) is 3. The molecule has 2 aliphatic rings. The first-order chi connectivity index (χ1) is 30.5. The molecule has 0 spiro atoms. The Balaban J connectivity index is 0.951. The molecule has 0 bridgehead atoms. The van der Waals surface area contributed by atoms with Crippen LogP contribution in [0.25, 0.3) is 44.4 Å². The zero-order valence-electron chi connectivity index (χ0n) is 35.9. The van der Waals surface area contributed by atoms with Crippen LogP contribution in [0.5, 0.6) is 0 Å². The number of nitrogen functional groups attached to an aromatic ring is 1. The Labute approximate surface area is 365 Å². The minimum absolute atomic E-state index is 0.113. The van der Waals surface area contributed by atoms with Gasteiger partial charge in [-0.2, -0.15) is 0 Å². The van der Waals surface area contributed by atoms with Crippen molar-refractivity contribution < 1.29 is 28.7 Å². The van der Waals surface area contributed by atoms with Crippen LogP contribution in [0.15, 0.2) is 103 Å². The van der Waals surface area contributed by atoms with E-state index >= 15 is 0 Å². The quantitative estimate of drug-likeness (QED) is 0.0927. The molecule has 4 atom stereocenters. The average Bonchev–Trinajstić information content (AvgIpc) is 4.15. The third kappa shape index (κ3) is 8.94. The molecule has 4 heterocycles. The number of aromatic nitrogens is 4. The summed E-state index contributed by atoms with van der Waals surface area (Å²) in [7, 11) is 2.57. The Morgan fingerprint density at radius 2 is 1.33 bits per heavy atom. The average molecular weight is 852 g/mol. The Bertz CT molecular complexity index is 2610. The number of H-pyrrole nitrogens is 1. The molecule has 15 nitrogen and oxygen atoms in total. The number of rotatable bonds is 12. The third-order valence-corrected chi connectivity index (χ3v) is 12.2. The van der Waals surface area contributed by atoms with E-state index in [1.807, 2.05) is 67.4 Å². The topological polar surface area (TPSA) is 190 Å². The summed E-state index contributed by atoms with van der Waals surface area (Å²) >= 11 is 0. The lowest BCUT2D eigenvalue weighted by Crippen LogP contribution is -2.51. The molecule has 5 N–H and O–H groups in total. The van der Waals surface area contributed by atoms with E-state index in [4.69, 9.17) is 25.3 Å². The summed E-state index contributed by atoms with van der Waals surface area (Å²) in [6.07, 6.45) is 5.67. The van der Waals surface area contributed by atoms with Crippen LogP contribution in [0.1, 0.15) is 68.8 Å². The van der Waals surface area contributed by atoms with E-state index in [2.05, 4.69) is 64.1 Å². The Hall–Kier alpha value is -7.16. The van der Waals surface area contributed by atoms with Gasteiger partial charge < -0.3 is 40.7 Å². The standard InChI is InChI=1S/C48H53N9O6/c1-29(2)42(54-48(61)63-4)46(59)55-22-8-12-39(55)43-50-27-38(52-43)36-21-20-34-25-33(18-19-35(34)26-36)31-14-16-32(17-15-31)41-28-51-44(57(41)49)40-13-9-23-56(40)45(58)37(53-47(60)62-3)24-30-10-6-5-7-11-30/h5-7,10-11,14-21,25-29,37,39-40,42H,8-9,12-13,22-24,49H2,1-4H3,(H,50,52)(H,53,60)(H,54,61)/t37-,39-,40-,42-/m0/s1. The Morgan fingerprint density at radius 1 is 0.730 bits per heavy atom. The zero-order chi connectivity index (χ0) is 44.2. The molecule has 0 saturated carbocycles. The number of benzene rings is 4. The molecule has 15 heteroatoms. The van der Waals surface area contributed by atoms with E-state index in [-0.39, 0.29) is 29.8 Å². The van der Waals surface area contributed by atoms with Crippen molar-refractivity contribution in [1.82, 2.24) is 40.1 Å². The second-order valence-electron chi connectivity index (χ2n) is 16.5. The summed E-state index contributed by atoms with van der Waals surface area (Å²) in [4.78, 5) is 68.4. The van der Waals surface area contributed by atoms with E-state index < -0.39 is 24.3 Å². The summed E-state index contributed by atoms with van der Waals surface area (Å²) in [6, 6.07) is 28.3. The summed E-state index contributed by atoms with van der Waals surface area (Å²) in [5, 5.41) is 7.59. The predicted molar refractivity (Wildman–Crippen MR) is 239 cm³/mol. The highest BCUT2D eigenvalue weighted by Gasteiger charge is 2.39. The molecule has 0 aliphatic carbocycles. The van der Waals surface area contributed by atoms with Gasteiger partial charge >= 0.3 is 12.2 Å². The molecule has 63 heavy (non-hydrogen) atoms. The molecule has 4 amide bonds. The first kappa shape index (κ1) is 42.5. The number of hydrogen-bond acceptors (Lipinski definition) is 9. The lowest BCUT2D eigenvalue weighted by atomic mass is 9.98. The van der Waals surface area contributed by atoms with Crippen molar-refractivity contribution in [3.05, 3.63) is 121 Å². The number of carbonyl (C=O) groups is 4. The first-order valence-electron chi connectivity index (χ1n) is 21.4. The highest BCUT2D eigenvalue weighted by molar-refractivity contribution is 5.91. The summed E-state index contributed by atoms with van der Waals surface area (Å²) in [6.45, 7) is 4.91. The molecule has 4 aromatic carbocycles. The normalized spacial score (nSPS) is 17.2. The van der Waals surface area contributed by atoms with Crippen LogP contribution in [-0.2, 0) is 25.5 Å². The minimum Gasteiger partial charge on any atom is -0.453 e. The number of ether oxygens (including phenoxy) is 2. The number of alkyl carbamates (subject to hydrolysis) is 2. The van der Waals surface area contributed by atoms with Gasteiger partial charge in [0, 0.05) is 30.6 Å². The Morgan fingerprint density at radius 3 is 2.02 bits per heavy atom. The molecule has 0 unspecified atom stereocenters. The van der Waals surface area contributed by atoms with Gasteiger partial charge in [0.05, 0.1) is 50.1 Å². The van der Waals surface area contributed by atoms with Gasteiger partial charge in [0.2, 0.25) is 11.8 Å². The maximum absolute atomic E-state index is 14.0. The van der Waals surface area contributed by atoms with E-state index in [0.29, 0.717) is 31.8 Å². The molecule has 2 aliphatic heterocycles. The number of nitrogens with zero attached hydrogens (tertiary/aromatic N) is 5. The van der Waals surface area contributed by atoms with Gasteiger partial charge in [0.15, 0.2) is 0 Å². The van der Waals surface area contributed by atoms with Crippen molar-refractivity contribution in [1.29, 1.82) is 0 Å². The highest BCUT2D eigenvalue weighted by Crippen LogP contribution is 2.36. The fourth-order valence-corrected chi connectivity index (χ4v) is 8.86. The van der Waals surface area contributed by atoms with Crippen molar-refractivity contribution in [2.75, 3.05) is 33.2 Å². The van der Waals surface area contributed by atoms with Gasteiger partial charge in [-0.1, -0.05) is 92.7 Å². The maximum Gasteiger partial charge on any atom is 0.407 e. The fourth-order valence-electron chi connectivity index (χ4n) is 8.86. The second-order valence-corrected chi connectivity index (χ2v) is 16.5. The predicted octanol–water partition coefficient (Wildman–Crippen LogP) is 7.15. The van der Waals surface area contributed by atoms with Gasteiger partial charge in [-0.05, 0) is 71.2 Å². The molecule has 2 fully saturated rings. The number of amides is 4. The van der Waals surface area contributed by atoms with Gasteiger partial charge in [0.1, 0.15) is 23.7 Å². The second kappa shape index (κ2) is 18.4. The lowest BCUT2D eigenvalue weighted by molar-refractivity contribution is -0.135. The number of aromatic amines is 1. The third-order valence-electron chi connectivity index (χ3n) is 12.2. The van der Waals surface area contributed by atoms with Crippen LogP contribution in [-0.4, -0.2) is 92.8 Å². The Kier molecular flexibility index (Phi) is 12.4. The molecule has 2 saturated heterocycles. The first-order valence-corrected chi connectivity index (χ1v) is 21.4. The summed E-state index contributed by atoms with van der Waals surface area (Å²) < 4.78 is 11.2. The van der Waals surface area contributed by atoms with Crippen LogP contribution in [0.2, 0.25) is 0 Å². The van der Waals surface area contributed by atoms with Crippen LogP contribution >= 0.6 is 0 Å². The van der Waals surface area contributed by atoms with Gasteiger partial charge in [-0.15, -0.1) is 0 Å². The fraction of sp³-hybridized carbons (Fsp3) is 0.333. The molecular weight excluding hydrogens is 799 g/mol. The van der Waals surface area contributed by atoms with Gasteiger partial charge in [-0.25, -0.2) is 24.2 Å². The molecule has 8 rings (SSSR count). The summed E-state index contributed by atoms with van der Waals surface area (Å²) in [5.74, 6) is 7.56. The summed E-state index contributed by atoms with van der Waals surface area (Å²) in [5.41, 5.74) is 6.47. The number of likely N-dealkylation sites (tertiary alicyclic amines) is 2. The molecular formula is C48H53N9O6. The van der Waals surface area contributed by atoms with Crippen molar-refractivity contribution >= 4 is 34.8 Å². The number of methoxy groups -OCH3 is 2. The van der Waals surface area contributed by atoms with E-state index in [1.54, 1.807) is 15.8 Å². The minimum atomic E-state index is -0.813. The van der Waals surface area contributed by atoms with Crippen LogP contribution < -0.4 is 16.5 Å². The zero-order valence-corrected chi connectivity index (χ0v) is 35.9. The molecule has 0 radical (unpaired) electrons. The molecule has 326 valence electrons. The van der Waals surface area contributed by atoms with E-state index in [0.717, 1.165) is 75.1 Å². The lowest BCUT2D eigenvalue weighted by Gasteiger charge is -2.30. The van der Waals surface area contributed by atoms with Crippen molar-refractivity contribution in [3.8, 4) is 33.6 Å². The maximum atomic E-state index is 14.0. The van der Waals surface area contributed by atoms with E-state index in [9.17, 15) is 19.2 Å². The van der Waals surface area contributed by atoms with Crippen molar-refractivity contribution in [2.24, 2.45) is 5.92 Å². The highest BCUT2D eigenvalue weighted by atomic mass is 16.5.